The highest BCUT2D eigenvalue weighted by atomic mass is 16.5. The molecular formula is C26H32N2O5. The van der Waals surface area contributed by atoms with E-state index in [-0.39, 0.29) is 43.7 Å². The van der Waals surface area contributed by atoms with E-state index < -0.39 is 23.5 Å². The maximum absolute atomic E-state index is 13.9. The molecule has 0 spiro atoms. The number of carbonyl (C=O) groups excluding carboxylic acids is 3. The summed E-state index contributed by atoms with van der Waals surface area (Å²) in [5, 5.41) is 9.61. The Morgan fingerprint density at radius 1 is 0.909 bits per heavy atom. The van der Waals surface area contributed by atoms with Gasteiger partial charge in [0.2, 0.25) is 11.8 Å². The first-order valence-electron chi connectivity index (χ1n) is 11.2. The minimum Gasteiger partial charge on any atom is -0.508 e. The number of piperazine rings is 1. The molecular weight excluding hydrogens is 420 g/mol. The van der Waals surface area contributed by atoms with Crippen molar-refractivity contribution in [1.82, 2.24) is 9.80 Å². The van der Waals surface area contributed by atoms with Crippen LogP contribution in [-0.2, 0) is 32.2 Å². The highest BCUT2D eigenvalue weighted by molar-refractivity contribution is 5.99. The van der Waals surface area contributed by atoms with Crippen LogP contribution in [0.5, 0.6) is 5.75 Å². The Hall–Kier alpha value is -3.35. The molecule has 1 aliphatic rings. The maximum atomic E-state index is 13.9. The number of benzene rings is 2. The summed E-state index contributed by atoms with van der Waals surface area (Å²) in [6.07, 6.45) is -0.200. The van der Waals surface area contributed by atoms with Crippen molar-refractivity contribution in [2.24, 2.45) is 5.41 Å². The van der Waals surface area contributed by atoms with Crippen molar-refractivity contribution < 1.29 is 24.2 Å². The number of rotatable bonds is 7. The van der Waals surface area contributed by atoms with Gasteiger partial charge in [0, 0.05) is 13.1 Å². The molecule has 0 bridgehead atoms. The van der Waals surface area contributed by atoms with E-state index in [1.54, 1.807) is 36.1 Å². The monoisotopic (exact) mass is 452 g/mol. The molecule has 0 saturated carbocycles. The second-order valence-electron chi connectivity index (χ2n) is 9.38. The largest absolute Gasteiger partial charge is 0.508 e. The van der Waals surface area contributed by atoms with E-state index in [4.69, 9.17) is 4.74 Å². The third kappa shape index (κ3) is 5.72. The number of carbonyl (C=O) groups is 3. The van der Waals surface area contributed by atoms with E-state index in [0.29, 0.717) is 0 Å². The van der Waals surface area contributed by atoms with Crippen LogP contribution in [-0.4, -0.2) is 51.4 Å². The van der Waals surface area contributed by atoms with E-state index in [0.717, 1.165) is 11.1 Å². The van der Waals surface area contributed by atoms with E-state index in [1.165, 1.54) is 4.90 Å². The zero-order valence-corrected chi connectivity index (χ0v) is 19.7. The summed E-state index contributed by atoms with van der Waals surface area (Å²) in [5.74, 6) is -0.868. The molecule has 2 atom stereocenters. The van der Waals surface area contributed by atoms with Crippen molar-refractivity contribution in [2.45, 2.75) is 59.3 Å². The summed E-state index contributed by atoms with van der Waals surface area (Å²) in [6, 6.07) is 14.3. The molecule has 2 amide bonds. The van der Waals surface area contributed by atoms with Crippen molar-refractivity contribution in [2.75, 3.05) is 6.61 Å². The number of amides is 2. The van der Waals surface area contributed by atoms with E-state index in [1.807, 2.05) is 51.1 Å². The molecule has 0 unspecified atom stereocenters. The fourth-order valence-corrected chi connectivity index (χ4v) is 4.24. The molecule has 1 heterocycles. The molecule has 176 valence electrons. The van der Waals surface area contributed by atoms with Crippen molar-refractivity contribution in [1.29, 1.82) is 0 Å². The zero-order valence-electron chi connectivity index (χ0n) is 19.7. The lowest BCUT2D eigenvalue weighted by Crippen LogP contribution is -2.67. The predicted octanol–water partition coefficient (Wildman–Crippen LogP) is 3.50. The Bertz CT molecular complexity index is 982. The van der Waals surface area contributed by atoms with Crippen LogP contribution in [0.25, 0.3) is 0 Å². The number of nitrogens with zero attached hydrogens (tertiary/aromatic N) is 2. The summed E-state index contributed by atoms with van der Waals surface area (Å²) in [4.78, 5) is 43.2. The second-order valence-corrected chi connectivity index (χ2v) is 9.38. The fourth-order valence-electron chi connectivity index (χ4n) is 4.24. The van der Waals surface area contributed by atoms with E-state index in [2.05, 4.69) is 0 Å². The summed E-state index contributed by atoms with van der Waals surface area (Å²) in [7, 11) is 0. The Morgan fingerprint density at radius 3 is 2.06 bits per heavy atom. The van der Waals surface area contributed by atoms with E-state index >= 15 is 0 Å². The van der Waals surface area contributed by atoms with Crippen LogP contribution < -0.4 is 0 Å². The van der Waals surface area contributed by atoms with Crippen molar-refractivity contribution >= 4 is 17.8 Å². The van der Waals surface area contributed by atoms with Crippen LogP contribution in [0.1, 0.15) is 45.2 Å². The number of phenols is 1. The van der Waals surface area contributed by atoms with E-state index in [9.17, 15) is 19.5 Å². The predicted molar refractivity (Wildman–Crippen MR) is 124 cm³/mol. The highest BCUT2D eigenvalue weighted by Crippen LogP contribution is 2.34. The van der Waals surface area contributed by atoms with Crippen LogP contribution >= 0.6 is 0 Å². The summed E-state index contributed by atoms with van der Waals surface area (Å²) in [5.41, 5.74) is 1.13. The number of aromatic hydroxyl groups is 1. The highest BCUT2D eigenvalue weighted by Gasteiger charge is 2.50. The zero-order chi connectivity index (χ0) is 24.2. The smallest absolute Gasteiger partial charge is 0.308 e. The average Bonchev–Trinajstić information content (AvgIpc) is 2.75. The standard InChI is InChI=1S/C26H32N2O5/c1-5-33-22(30)15-21-24(31)28(17-19-11-13-20(29)14-12-19)23(26(2,3)4)25(32)27(21)16-18-9-7-6-8-10-18/h6-14,21,23,29H,5,15-17H2,1-4H3/t21-,23-/m0/s1. The number of hydrogen-bond acceptors (Lipinski definition) is 5. The third-order valence-corrected chi connectivity index (χ3v) is 5.74. The van der Waals surface area contributed by atoms with Crippen molar-refractivity contribution in [3.8, 4) is 5.75 Å². The molecule has 3 rings (SSSR count). The van der Waals surface area contributed by atoms with Gasteiger partial charge in [-0.1, -0.05) is 63.2 Å². The second kappa shape index (κ2) is 10.1. The normalized spacial score (nSPS) is 19.0. The quantitative estimate of drug-likeness (QED) is 0.650. The number of hydrogen-bond donors (Lipinski definition) is 1. The molecule has 2 aromatic carbocycles. The fraction of sp³-hybridized carbons (Fsp3) is 0.423. The van der Waals surface area contributed by atoms with Gasteiger partial charge in [-0.25, -0.2) is 0 Å². The van der Waals surface area contributed by atoms with Gasteiger partial charge in [-0.3, -0.25) is 14.4 Å². The van der Waals surface area contributed by atoms with Gasteiger partial charge in [-0.05, 0) is 35.6 Å². The molecule has 0 aromatic heterocycles. The van der Waals surface area contributed by atoms with Gasteiger partial charge in [0.05, 0.1) is 13.0 Å². The Labute approximate surface area is 195 Å². The Kier molecular flexibility index (Phi) is 7.41. The van der Waals surface area contributed by atoms with Gasteiger partial charge in [-0.2, -0.15) is 0 Å². The lowest BCUT2D eigenvalue weighted by atomic mass is 9.81. The molecule has 7 heteroatoms. The molecule has 1 aliphatic heterocycles. The lowest BCUT2D eigenvalue weighted by molar-refractivity contribution is -0.171. The summed E-state index contributed by atoms with van der Waals surface area (Å²) < 4.78 is 5.11. The van der Waals surface area contributed by atoms with Crippen LogP contribution in [0, 0.1) is 5.41 Å². The van der Waals surface area contributed by atoms with Gasteiger partial charge in [0.25, 0.3) is 0 Å². The minimum atomic E-state index is -0.951. The van der Waals surface area contributed by atoms with Crippen LogP contribution in [0.2, 0.25) is 0 Å². The topological polar surface area (TPSA) is 87.1 Å². The van der Waals surface area contributed by atoms with Gasteiger partial charge in [0.1, 0.15) is 17.8 Å². The average molecular weight is 453 g/mol. The Morgan fingerprint density at radius 2 is 1.48 bits per heavy atom. The first-order chi connectivity index (χ1) is 15.6. The van der Waals surface area contributed by atoms with Crippen LogP contribution in [0.3, 0.4) is 0 Å². The molecule has 1 N–H and O–H groups in total. The van der Waals surface area contributed by atoms with Gasteiger partial charge in [0.15, 0.2) is 0 Å². The SMILES string of the molecule is CCOC(=O)C[C@H]1C(=O)N(Cc2ccc(O)cc2)[C@H](C(C)(C)C)C(=O)N1Cc1ccccc1. The van der Waals surface area contributed by atoms with Crippen molar-refractivity contribution in [3.63, 3.8) is 0 Å². The van der Waals surface area contributed by atoms with Crippen molar-refractivity contribution in [3.05, 3.63) is 65.7 Å². The molecule has 0 radical (unpaired) electrons. The number of ether oxygens (including phenoxy) is 1. The number of esters is 1. The molecule has 1 saturated heterocycles. The van der Waals surface area contributed by atoms with Gasteiger partial charge in [-0.15, -0.1) is 0 Å². The maximum Gasteiger partial charge on any atom is 0.308 e. The molecule has 7 nitrogen and oxygen atoms in total. The molecule has 2 aromatic rings. The lowest BCUT2D eigenvalue weighted by Gasteiger charge is -2.49. The molecule has 0 aliphatic carbocycles. The summed E-state index contributed by atoms with van der Waals surface area (Å²) >= 11 is 0. The molecule has 1 fully saturated rings. The van der Waals surface area contributed by atoms with Gasteiger partial charge >= 0.3 is 5.97 Å². The first-order valence-corrected chi connectivity index (χ1v) is 11.2. The van der Waals surface area contributed by atoms with Crippen LogP contribution in [0.15, 0.2) is 54.6 Å². The first kappa shape index (κ1) is 24.3. The minimum absolute atomic E-state index is 0.126. The third-order valence-electron chi connectivity index (χ3n) is 5.74. The Balaban J connectivity index is 2.01. The summed E-state index contributed by atoms with van der Waals surface area (Å²) in [6.45, 7) is 8.13. The van der Waals surface area contributed by atoms with Crippen LogP contribution in [0.4, 0.5) is 0 Å². The van der Waals surface area contributed by atoms with Gasteiger partial charge < -0.3 is 19.6 Å². The molecule has 33 heavy (non-hydrogen) atoms. The number of phenolic OH excluding ortho intramolecular Hbond substituents is 1.